The number of aliphatic hydroxyl groups excluding tert-OH is 1. The molecule has 0 bridgehead atoms. The number of hydrogen-bond acceptors (Lipinski definition) is 4. The van der Waals surface area contributed by atoms with Crippen molar-refractivity contribution in [2.75, 3.05) is 18.2 Å². The van der Waals surface area contributed by atoms with Crippen LogP contribution in [0.1, 0.15) is 52.0 Å². The second-order valence-corrected chi connectivity index (χ2v) is 9.22. The Morgan fingerprint density at radius 3 is 2.47 bits per heavy atom. The molecule has 1 aliphatic heterocycles. The van der Waals surface area contributed by atoms with E-state index in [-0.39, 0.29) is 29.8 Å². The van der Waals surface area contributed by atoms with Crippen LogP contribution >= 0.6 is 0 Å². The molecule has 32 heavy (non-hydrogen) atoms. The summed E-state index contributed by atoms with van der Waals surface area (Å²) in [6.45, 7) is 6.79. The first-order chi connectivity index (χ1) is 15.4. The van der Waals surface area contributed by atoms with Crippen molar-refractivity contribution in [2.24, 2.45) is 16.4 Å². The standard InChI is InChI=1S/C26H34FN3O2/c1-4-9-22-23(25(32)28-17-8-16-26(2,3)18-31)24(19-12-14-20(27)15-13-19)29-30(22)21-10-6-5-7-11-21/h5-7,10-15,22-23,31H,4,8-9,16-18H2,1-3H3,(H,28,32). The fourth-order valence-corrected chi connectivity index (χ4v) is 4.11. The highest BCUT2D eigenvalue weighted by molar-refractivity contribution is 6.15. The van der Waals surface area contributed by atoms with E-state index < -0.39 is 5.92 Å². The topological polar surface area (TPSA) is 64.9 Å². The van der Waals surface area contributed by atoms with E-state index in [4.69, 9.17) is 5.10 Å². The van der Waals surface area contributed by atoms with E-state index in [0.717, 1.165) is 36.9 Å². The Hall–Kier alpha value is -2.73. The smallest absolute Gasteiger partial charge is 0.231 e. The van der Waals surface area contributed by atoms with Crippen LogP contribution in [0.15, 0.2) is 59.7 Å². The minimum Gasteiger partial charge on any atom is -0.396 e. The van der Waals surface area contributed by atoms with E-state index in [1.165, 1.54) is 12.1 Å². The quantitative estimate of drug-likeness (QED) is 0.525. The lowest BCUT2D eigenvalue weighted by molar-refractivity contribution is -0.123. The number of para-hydroxylation sites is 1. The van der Waals surface area contributed by atoms with Crippen LogP contribution in [0.25, 0.3) is 0 Å². The molecule has 0 aromatic heterocycles. The fourth-order valence-electron chi connectivity index (χ4n) is 4.11. The van der Waals surface area contributed by atoms with Crippen LogP contribution in [-0.4, -0.2) is 35.9 Å². The maximum atomic E-state index is 13.6. The summed E-state index contributed by atoms with van der Waals surface area (Å²) in [7, 11) is 0. The Balaban J connectivity index is 1.86. The van der Waals surface area contributed by atoms with E-state index >= 15 is 0 Å². The number of carbonyl (C=O) groups is 1. The van der Waals surface area contributed by atoms with E-state index in [1.807, 2.05) is 49.2 Å². The molecule has 3 rings (SSSR count). The molecular weight excluding hydrogens is 405 g/mol. The molecule has 2 atom stereocenters. The van der Waals surface area contributed by atoms with Gasteiger partial charge in [-0.15, -0.1) is 0 Å². The van der Waals surface area contributed by atoms with Gasteiger partial charge in [-0.2, -0.15) is 5.10 Å². The lowest BCUT2D eigenvalue weighted by atomic mass is 9.87. The van der Waals surface area contributed by atoms with Gasteiger partial charge in [-0.05, 0) is 54.5 Å². The Morgan fingerprint density at radius 1 is 1.16 bits per heavy atom. The molecular formula is C26H34FN3O2. The van der Waals surface area contributed by atoms with E-state index in [1.54, 1.807) is 12.1 Å². The third kappa shape index (κ3) is 5.74. The lowest BCUT2D eigenvalue weighted by Crippen LogP contribution is -2.44. The molecule has 2 N–H and O–H groups in total. The first-order valence-electron chi connectivity index (χ1n) is 11.4. The molecule has 0 aliphatic carbocycles. The Kier molecular flexibility index (Phi) is 8.02. The maximum Gasteiger partial charge on any atom is 0.231 e. The number of nitrogens with one attached hydrogen (secondary N) is 1. The van der Waals surface area contributed by atoms with Gasteiger partial charge in [0.25, 0.3) is 0 Å². The molecule has 1 heterocycles. The van der Waals surface area contributed by atoms with Gasteiger partial charge in [0, 0.05) is 13.2 Å². The van der Waals surface area contributed by atoms with Crippen LogP contribution in [0.3, 0.4) is 0 Å². The highest BCUT2D eigenvalue weighted by atomic mass is 19.1. The van der Waals surface area contributed by atoms with Gasteiger partial charge >= 0.3 is 0 Å². The van der Waals surface area contributed by atoms with Crippen molar-refractivity contribution >= 4 is 17.3 Å². The largest absolute Gasteiger partial charge is 0.396 e. The number of rotatable bonds is 10. The maximum absolute atomic E-state index is 13.6. The summed E-state index contributed by atoms with van der Waals surface area (Å²) in [6, 6.07) is 15.9. The number of nitrogens with zero attached hydrogens (tertiary/aromatic N) is 2. The van der Waals surface area contributed by atoms with Crippen molar-refractivity contribution in [3.05, 3.63) is 66.0 Å². The average Bonchev–Trinajstić information content (AvgIpc) is 3.17. The second-order valence-electron chi connectivity index (χ2n) is 9.22. The molecule has 1 amide bonds. The molecule has 0 saturated heterocycles. The summed E-state index contributed by atoms with van der Waals surface area (Å²) >= 11 is 0. The Morgan fingerprint density at radius 2 is 1.84 bits per heavy atom. The minimum absolute atomic E-state index is 0.0632. The SMILES string of the molecule is CCCC1C(C(=O)NCCCC(C)(C)CO)C(c2ccc(F)cc2)=NN1c1ccccc1. The zero-order valence-corrected chi connectivity index (χ0v) is 19.2. The van der Waals surface area contributed by atoms with Crippen LogP contribution in [0.5, 0.6) is 0 Å². The monoisotopic (exact) mass is 439 g/mol. The number of amides is 1. The molecule has 0 spiro atoms. The Labute approximate surface area is 190 Å². The highest BCUT2D eigenvalue weighted by Crippen LogP contribution is 2.33. The van der Waals surface area contributed by atoms with Gasteiger partial charge in [0.1, 0.15) is 11.7 Å². The van der Waals surface area contributed by atoms with Crippen molar-refractivity contribution in [2.45, 2.75) is 52.5 Å². The van der Waals surface area contributed by atoms with E-state index in [9.17, 15) is 14.3 Å². The number of hydrogen-bond donors (Lipinski definition) is 2. The van der Waals surface area contributed by atoms with E-state index in [0.29, 0.717) is 12.3 Å². The van der Waals surface area contributed by atoms with Crippen LogP contribution in [-0.2, 0) is 4.79 Å². The van der Waals surface area contributed by atoms with Crippen molar-refractivity contribution in [1.29, 1.82) is 0 Å². The summed E-state index contributed by atoms with van der Waals surface area (Å²) in [5.41, 5.74) is 2.20. The number of aliphatic hydroxyl groups is 1. The number of benzene rings is 2. The zero-order valence-electron chi connectivity index (χ0n) is 19.2. The van der Waals surface area contributed by atoms with Gasteiger partial charge in [-0.25, -0.2) is 4.39 Å². The third-order valence-electron chi connectivity index (χ3n) is 5.99. The molecule has 172 valence electrons. The van der Waals surface area contributed by atoms with Crippen LogP contribution in [0.4, 0.5) is 10.1 Å². The van der Waals surface area contributed by atoms with Crippen molar-refractivity contribution < 1.29 is 14.3 Å². The molecule has 6 heteroatoms. The molecule has 0 fully saturated rings. The summed E-state index contributed by atoms with van der Waals surface area (Å²) in [5.74, 6) is -0.830. The van der Waals surface area contributed by atoms with Gasteiger partial charge < -0.3 is 10.4 Å². The fraction of sp³-hybridized carbons (Fsp3) is 0.462. The summed E-state index contributed by atoms with van der Waals surface area (Å²) < 4.78 is 13.6. The van der Waals surface area contributed by atoms with E-state index in [2.05, 4.69) is 12.2 Å². The predicted octanol–water partition coefficient (Wildman–Crippen LogP) is 4.75. The average molecular weight is 440 g/mol. The minimum atomic E-state index is -0.452. The number of anilines is 1. The van der Waals surface area contributed by atoms with Crippen molar-refractivity contribution in [3.63, 3.8) is 0 Å². The molecule has 2 aromatic rings. The molecule has 0 radical (unpaired) electrons. The molecule has 5 nitrogen and oxygen atoms in total. The predicted molar refractivity (Wildman–Crippen MR) is 127 cm³/mol. The molecule has 2 aromatic carbocycles. The van der Waals surface area contributed by atoms with Gasteiger partial charge in [-0.3, -0.25) is 9.80 Å². The van der Waals surface area contributed by atoms with Gasteiger partial charge in [-0.1, -0.05) is 57.5 Å². The summed E-state index contributed by atoms with van der Waals surface area (Å²) in [4.78, 5) is 13.4. The van der Waals surface area contributed by atoms with Crippen LogP contribution in [0.2, 0.25) is 0 Å². The normalized spacial score (nSPS) is 18.5. The first-order valence-corrected chi connectivity index (χ1v) is 11.4. The first kappa shape index (κ1) is 23.9. The summed E-state index contributed by atoms with van der Waals surface area (Å²) in [6.07, 6.45) is 3.32. The zero-order chi connectivity index (χ0) is 23.1. The Bertz CT molecular complexity index is 912. The van der Waals surface area contributed by atoms with Gasteiger partial charge in [0.15, 0.2) is 0 Å². The van der Waals surface area contributed by atoms with Crippen molar-refractivity contribution in [3.8, 4) is 0 Å². The van der Waals surface area contributed by atoms with Crippen LogP contribution in [0, 0.1) is 17.2 Å². The molecule has 2 unspecified atom stereocenters. The summed E-state index contributed by atoms with van der Waals surface area (Å²) in [5, 5.41) is 19.4. The third-order valence-corrected chi connectivity index (χ3v) is 5.99. The van der Waals surface area contributed by atoms with Gasteiger partial charge in [0.05, 0.1) is 17.4 Å². The number of halogens is 1. The van der Waals surface area contributed by atoms with Gasteiger partial charge in [0.2, 0.25) is 5.91 Å². The number of hydrazone groups is 1. The highest BCUT2D eigenvalue weighted by Gasteiger charge is 2.42. The second kappa shape index (κ2) is 10.7. The molecule has 0 saturated carbocycles. The van der Waals surface area contributed by atoms with Crippen molar-refractivity contribution in [1.82, 2.24) is 5.32 Å². The van der Waals surface area contributed by atoms with Crippen LogP contribution < -0.4 is 10.3 Å². The number of carbonyl (C=O) groups excluding carboxylic acids is 1. The lowest BCUT2D eigenvalue weighted by Gasteiger charge is -2.27. The molecule has 1 aliphatic rings.